The number of nitrogens with zero attached hydrogens (tertiary/aromatic N) is 2. The molecule has 1 atom stereocenters. The van der Waals surface area contributed by atoms with Crippen LogP contribution in [0.3, 0.4) is 0 Å². The van der Waals surface area contributed by atoms with E-state index in [-0.39, 0.29) is 29.4 Å². The van der Waals surface area contributed by atoms with E-state index in [1.54, 1.807) is 13.1 Å². The normalized spacial score (nSPS) is 14.5. The van der Waals surface area contributed by atoms with Crippen molar-refractivity contribution in [2.45, 2.75) is 52.2 Å². The number of aliphatic hydroxyl groups is 1. The van der Waals surface area contributed by atoms with Gasteiger partial charge in [-0.2, -0.15) is 0 Å². The van der Waals surface area contributed by atoms with Crippen LogP contribution in [0.15, 0.2) is 33.1 Å². The fourth-order valence-corrected chi connectivity index (χ4v) is 2.93. The summed E-state index contributed by atoms with van der Waals surface area (Å²) in [7, 11) is 0. The highest BCUT2D eigenvalue weighted by molar-refractivity contribution is 14.0. The Balaban J connectivity index is 0.00000338. The summed E-state index contributed by atoms with van der Waals surface area (Å²) in [6, 6.07) is 3.86. The van der Waals surface area contributed by atoms with Crippen molar-refractivity contribution in [3.8, 4) is 0 Å². The highest BCUT2D eigenvalue weighted by Gasteiger charge is 2.24. The molecular weight excluding hydrogens is 463 g/mol. The number of rotatable bonds is 6. The van der Waals surface area contributed by atoms with Crippen LogP contribution >= 0.6 is 35.3 Å². The molecule has 2 aromatic rings. The van der Waals surface area contributed by atoms with Crippen molar-refractivity contribution in [3.05, 3.63) is 40.2 Å². The van der Waals surface area contributed by atoms with E-state index < -0.39 is 5.60 Å². The van der Waals surface area contributed by atoms with Crippen LogP contribution < -0.4 is 10.6 Å². The van der Waals surface area contributed by atoms with Crippen molar-refractivity contribution in [3.63, 3.8) is 0 Å². The Kier molecular flexibility index (Phi) is 8.55. The van der Waals surface area contributed by atoms with E-state index in [0.29, 0.717) is 24.9 Å². The van der Waals surface area contributed by atoms with Gasteiger partial charge in [0.15, 0.2) is 5.96 Å². The van der Waals surface area contributed by atoms with Gasteiger partial charge in [0.2, 0.25) is 5.89 Å². The smallest absolute Gasteiger partial charge is 0.216 e. The summed E-state index contributed by atoms with van der Waals surface area (Å²) >= 11 is 1.53. The van der Waals surface area contributed by atoms with Crippen LogP contribution in [0.2, 0.25) is 0 Å². The number of oxazole rings is 1. The van der Waals surface area contributed by atoms with Crippen LogP contribution in [0, 0.1) is 0 Å². The lowest BCUT2D eigenvalue weighted by atomic mass is 9.94. The number of hydrogen-bond donors (Lipinski definition) is 3. The molecule has 6 nitrogen and oxygen atoms in total. The maximum atomic E-state index is 10.6. The molecule has 0 spiro atoms. The van der Waals surface area contributed by atoms with Gasteiger partial charge in [0.05, 0.1) is 12.7 Å². The summed E-state index contributed by atoms with van der Waals surface area (Å²) in [5.74, 6) is 2.04. The number of aliphatic imine (C=N–C) groups is 1. The largest absolute Gasteiger partial charge is 0.443 e. The molecule has 0 bridgehead atoms. The summed E-state index contributed by atoms with van der Waals surface area (Å²) in [4.78, 5) is 9.70. The first-order chi connectivity index (χ1) is 11.7. The van der Waals surface area contributed by atoms with E-state index in [9.17, 15) is 5.11 Å². The highest BCUT2D eigenvalue weighted by atomic mass is 127. The average molecular weight is 492 g/mol. The monoisotopic (exact) mass is 492 g/mol. The third kappa shape index (κ3) is 6.55. The molecule has 2 heterocycles. The lowest BCUT2D eigenvalue weighted by Crippen LogP contribution is -2.44. The second-order valence-electron chi connectivity index (χ2n) is 7.17. The van der Waals surface area contributed by atoms with Crippen LogP contribution in [0.25, 0.3) is 0 Å². The molecule has 146 valence electrons. The van der Waals surface area contributed by atoms with E-state index in [1.165, 1.54) is 11.3 Å². The molecule has 0 aromatic carbocycles. The topological polar surface area (TPSA) is 82.7 Å². The minimum absolute atomic E-state index is 0. The minimum atomic E-state index is -0.952. The Bertz CT molecular complexity index is 690. The molecule has 0 aliphatic carbocycles. The van der Waals surface area contributed by atoms with Crippen molar-refractivity contribution in [1.82, 2.24) is 15.6 Å². The number of nitrogens with one attached hydrogen (secondary N) is 2. The third-order valence-corrected chi connectivity index (χ3v) is 4.78. The standard InChI is InChI=1S/C18H28N4O2S.HI/c1-6-19-16(22-12-18(5,23)14-8-7-9-25-14)21-11-15-20-10-13(24-15)17(2,3)4;/h7-10,23H,6,11-12H2,1-5H3,(H2,19,21,22);1H. The molecule has 0 saturated heterocycles. The summed E-state index contributed by atoms with van der Waals surface area (Å²) < 4.78 is 5.76. The SMILES string of the molecule is CCNC(=NCc1ncc(C(C)(C)C)o1)NCC(C)(O)c1cccs1.I. The molecule has 0 amide bonds. The zero-order valence-electron chi connectivity index (χ0n) is 16.0. The zero-order valence-corrected chi connectivity index (χ0v) is 19.1. The Labute approximate surface area is 176 Å². The van der Waals surface area contributed by atoms with E-state index in [0.717, 1.165) is 17.2 Å². The second kappa shape index (κ2) is 9.70. The van der Waals surface area contributed by atoms with Crippen molar-refractivity contribution in [1.29, 1.82) is 0 Å². The maximum absolute atomic E-state index is 10.6. The summed E-state index contributed by atoms with van der Waals surface area (Å²) in [5.41, 5.74) is -1.02. The van der Waals surface area contributed by atoms with Gasteiger partial charge in [-0.25, -0.2) is 9.98 Å². The van der Waals surface area contributed by atoms with Gasteiger partial charge in [0, 0.05) is 16.8 Å². The lowest BCUT2D eigenvalue weighted by Gasteiger charge is -2.23. The summed E-state index contributed by atoms with van der Waals surface area (Å²) in [6.07, 6.45) is 1.76. The fraction of sp³-hybridized carbons (Fsp3) is 0.556. The first kappa shape index (κ1) is 22.9. The maximum Gasteiger partial charge on any atom is 0.216 e. The first-order valence-electron chi connectivity index (χ1n) is 8.46. The number of aromatic nitrogens is 1. The molecule has 0 fully saturated rings. The van der Waals surface area contributed by atoms with E-state index >= 15 is 0 Å². The Morgan fingerprint density at radius 1 is 1.31 bits per heavy atom. The van der Waals surface area contributed by atoms with Crippen molar-refractivity contribution >= 4 is 41.3 Å². The van der Waals surface area contributed by atoms with Crippen LogP contribution in [-0.2, 0) is 17.6 Å². The van der Waals surface area contributed by atoms with Gasteiger partial charge in [0.1, 0.15) is 17.9 Å². The molecule has 0 aliphatic heterocycles. The van der Waals surface area contributed by atoms with E-state index in [2.05, 4.69) is 41.4 Å². The number of halogens is 1. The van der Waals surface area contributed by atoms with Crippen LogP contribution in [0.5, 0.6) is 0 Å². The van der Waals surface area contributed by atoms with Gasteiger partial charge in [-0.15, -0.1) is 35.3 Å². The van der Waals surface area contributed by atoms with Crippen LogP contribution in [-0.4, -0.2) is 29.1 Å². The van der Waals surface area contributed by atoms with Gasteiger partial charge >= 0.3 is 0 Å². The minimum Gasteiger partial charge on any atom is -0.443 e. The van der Waals surface area contributed by atoms with Crippen molar-refractivity contribution in [2.75, 3.05) is 13.1 Å². The van der Waals surface area contributed by atoms with Gasteiger partial charge in [-0.05, 0) is 25.3 Å². The van der Waals surface area contributed by atoms with E-state index in [1.807, 2.05) is 24.4 Å². The van der Waals surface area contributed by atoms with Crippen LogP contribution in [0.1, 0.15) is 51.1 Å². The predicted molar refractivity (Wildman–Crippen MR) is 117 cm³/mol. The molecule has 2 rings (SSSR count). The molecule has 2 aromatic heterocycles. The molecular formula is C18H29IN4O2S. The fourth-order valence-electron chi connectivity index (χ4n) is 2.15. The number of thiophene rings is 1. The number of guanidine groups is 1. The molecule has 26 heavy (non-hydrogen) atoms. The van der Waals surface area contributed by atoms with E-state index in [4.69, 9.17) is 4.42 Å². The molecule has 1 unspecified atom stereocenters. The second-order valence-corrected chi connectivity index (χ2v) is 8.12. The third-order valence-electron chi connectivity index (χ3n) is 3.66. The Hall–Kier alpha value is -1.13. The van der Waals surface area contributed by atoms with Gasteiger partial charge in [-0.1, -0.05) is 26.8 Å². The van der Waals surface area contributed by atoms with Gasteiger partial charge < -0.3 is 20.2 Å². The Morgan fingerprint density at radius 3 is 2.58 bits per heavy atom. The predicted octanol–water partition coefficient (Wildman–Crippen LogP) is 3.61. The zero-order chi connectivity index (χ0) is 18.5. The lowest BCUT2D eigenvalue weighted by molar-refractivity contribution is 0.0655. The Morgan fingerprint density at radius 2 is 2.04 bits per heavy atom. The molecule has 0 radical (unpaired) electrons. The van der Waals surface area contributed by atoms with Crippen molar-refractivity contribution in [2.24, 2.45) is 4.99 Å². The molecule has 0 aliphatic rings. The highest BCUT2D eigenvalue weighted by Crippen LogP contribution is 2.24. The van der Waals surface area contributed by atoms with Gasteiger partial charge in [-0.3, -0.25) is 0 Å². The quantitative estimate of drug-likeness (QED) is 0.326. The molecule has 0 saturated carbocycles. The summed E-state index contributed by atoms with van der Waals surface area (Å²) in [5, 5.41) is 18.9. The van der Waals surface area contributed by atoms with Gasteiger partial charge in [0.25, 0.3) is 0 Å². The average Bonchev–Trinajstić information content (AvgIpc) is 3.20. The first-order valence-corrected chi connectivity index (χ1v) is 9.34. The van der Waals surface area contributed by atoms with Crippen molar-refractivity contribution < 1.29 is 9.52 Å². The number of hydrogen-bond acceptors (Lipinski definition) is 5. The molecule has 8 heteroatoms. The molecule has 3 N–H and O–H groups in total. The van der Waals surface area contributed by atoms with Crippen LogP contribution in [0.4, 0.5) is 0 Å². The summed E-state index contributed by atoms with van der Waals surface area (Å²) in [6.45, 7) is 11.5.